The molecular weight excluding hydrogens is 396 g/mol. The van der Waals surface area contributed by atoms with E-state index in [0.29, 0.717) is 12.8 Å². The summed E-state index contributed by atoms with van der Waals surface area (Å²) in [5.41, 5.74) is -0.650. The zero-order valence-corrected chi connectivity index (χ0v) is 19.7. The number of aliphatic carboxylic acids is 1. The number of allylic oxidation sites excluding steroid dienone is 1. The second kappa shape index (κ2) is 8.02. The van der Waals surface area contributed by atoms with Crippen LogP contribution in [0, 0.1) is 34.5 Å². The second-order valence-electron chi connectivity index (χ2n) is 11.6. The largest absolute Gasteiger partial charge is 0.478 e. The highest BCUT2D eigenvalue weighted by atomic mass is 16.5. The van der Waals surface area contributed by atoms with Crippen LogP contribution in [-0.2, 0) is 19.1 Å². The molecule has 6 heteroatoms. The maximum Gasteiger partial charge on any atom is 0.328 e. The van der Waals surface area contributed by atoms with Gasteiger partial charge in [0.2, 0.25) is 0 Å². The molecule has 3 fully saturated rings. The van der Waals surface area contributed by atoms with Crippen LogP contribution in [0.15, 0.2) is 11.6 Å². The minimum absolute atomic E-state index is 0.0504. The van der Waals surface area contributed by atoms with Gasteiger partial charge >= 0.3 is 11.9 Å². The molecule has 0 aliphatic heterocycles. The van der Waals surface area contributed by atoms with E-state index in [0.717, 1.165) is 24.8 Å². The van der Waals surface area contributed by atoms with Gasteiger partial charge in [0.1, 0.15) is 11.9 Å². The van der Waals surface area contributed by atoms with E-state index >= 15 is 0 Å². The monoisotopic (exact) mass is 434 g/mol. The summed E-state index contributed by atoms with van der Waals surface area (Å²) in [6, 6.07) is 0. The summed E-state index contributed by atoms with van der Waals surface area (Å²) in [5, 5.41) is 19.2. The van der Waals surface area contributed by atoms with Crippen LogP contribution in [0.25, 0.3) is 0 Å². The van der Waals surface area contributed by atoms with E-state index in [4.69, 9.17) is 4.74 Å². The number of ketones is 1. The van der Waals surface area contributed by atoms with Crippen molar-refractivity contribution in [3.63, 3.8) is 0 Å². The molecule has 0 aromatic rings. The number of hydrogen-bond acceptors (Lipinski definition) is 5. The van der Waals surface area contributed by atoms with Gasteiger partial charge < -0.3 is 14.9 Å². The Morgan fingerprint density at radius 1 is 1.23 bits per heavy atom. The number of rotatable bonds is 4. The molecule has 0 saturated heterocycles. The normalized spacial score (nSPS) is 38.9. The molecule has 0 spiro atoms. The number of hydrogen-bond donors (Lipinski definition) is 2. The fraction of sp³-hybridized carbons (Fsp3) is 0.800. The van der Waals surface area contributed by atoms with E-state index in [1.807, 2.05) is 6.92 Å². The second-order valence-corrected chi connectivity index (χ2v) is 11.6. The third-order valence-corrected chi connectivity index (χ3v) is 8.55. The van der Waals surface area contributed by atoms with Gasteiger partial charge in [0.05, 0.1) is 12.0 Å². The van der Waals surface area contributed by atoms with Crippen LogP contribution >= 0.6 is 0 Å². The van der Waals surface area contributed by atoms with Crippen LogP contribution in [0.4, 0.5) is 0 Å². The summed E-state index contributed by atoms with van der Waals surface area (Å²) >= 11 is 0. The molecule has 6 nitrogen and oxygen atoms in total. The molecule has 31 heavy (non-hydrogen) atoms. The Balaban J connectivity index is 1.85. The number of carbonyl (C=O) groups excluding carboxylic acids is 2. The van der Waals surface area contributed by atoms with Crippen molar-refractivity contribution in [1.82, 2.24) is 0 Å². The van der Waals surface area contributed by atoms with E-state index in [1.54, 1.807) is 13.8 Å². The van der Waals surface area contributed by atoms with Gasteiger partial charge in [0.15, 0.2) is 0 Å². The van der Waals surface area contributed by atoms with E-state index in [1.165, 1.54) is 6.08 Å². The lowest BCUT2D eigenvalue weighted by molar-refractivity contribution is -0.191. The Labute approximate surface area is 185 Å². The first kappa shape index (κ1) is 24.0. The number of esters is 1. The first-order valence-corrected chi connectivity index (χ1v) is 11.5. The average molecular weight is 435 g/mol. The molecule has 0 amide bonds. The Bertz CT molecular complexity index is 788. The number of carboxylic acid groups (broad SMARTS) is 1. The van der Waals surface area contributed by atoms with Gasteiger partial charge in [-0.2, -0.15) is 0 Å². The third-order valence-electron chi connectivity index (χ3n) is 8.55. The fourth-order valence-corrected chi connectivity index (χ4v) is 7.02. The van der Waals surface area contributed by atoms with Crippen molar-refractivity contribution in [2.24, 2.45) is 34.5 Å². The summed E-state index contributed by atoms with van der Waals surface area (Å²) in [6.07, 6.45) is 4.55. The van der Waals surface area contributed by atoms with Crippen molar-refractivity contribution in [1.29, 1.82) is 0 Å². The van der Waals surface area contributed by atoms with Crippen LogP contribution in [0.3, 0.4) is 0 Å². The van der Waals surface area contributed by atoms with Crippen LogP contribution in [0.2, 0.25) is 0 Å². The van der Waals surface area contributed by atoms with Crippen molar-refractivity contribution in [2.45, 2.75) is 91.8 Å². The van der Waals surface area contributed by atoms with Crippen LogP contribution < -0.4 is 0 Å². The minimum atomic E-state index is -1.11. The van der Waals surface area contributed by atoms with Gasteiger partial charge in [-0.15, -0.1) is 0 Å². The SMILES string of the molecule is C[C@H]1/C(=C/C(=O)O)CC[C@H]2[C@H]1C(=O)C[C@H]1C(C)(C)[C@@H](OC(=O)CC(C)(C)O)CC[C@]21C. The van der Waals surface area contributed by atoms with Gasteiger partial charge in [0.25, 0.3) is 0 Å². The van der Waals surface area contributed by atoms with Gasteiger partial charge in [-0.1, -0.05) is 33.3 Å². The molecule has 3 rings (SSSR count). The fourth-order valence-electron chi connectivity index (χ4n) is 7.02. The van der Waals surface area contributed by atoms with Gasteiger partial charge in [-0.25, -0.2) is 4.79 Å². The number of carboxylic acids is 1. The molecule has 0 radical (unpaired) electrons. The summed E-state index contributed by atoms with van der Waals surface area (Å²) in [5.74, 6) is -0.999. The highest BCUT2D eigenvalue weighted by Crippen LogP contribution is 2.64. The molecule has 174 valence electrons. The number of aliphatic hydroxyl groups is 1. The Morgan fingerprint density at radius 3 is 2.45 bits per heavy atom. The molecule has 0 heterocycles. The predicted octanol–water partition coefficient (Wildman–Crippen LogP) is 4.15. The lowest BCUT2D eigenvalue weighted by Gasteiger charge is -2.62. The number of Topliss-reactive ketones (excluding diaryl/α,β-unsaturated/α-hetero) is 1. The maximum atomic E-state index is 13.4. The number of fused-ring (bicyclic) bond motifs is 3. The standard InChI is InChI=1S/C25H38O6/c1-14-15(11-20(27)28)7-8-16-22(14)17(26)12-18-24(4,5)19(9-10-25(16,18)6)31-21(29)13-23(2,3)30/h11,14,16,18-19,22,30H,7-10,12-13H2,1-6H3,(H,27,28)/b15-11+/t14-,16-,18-,19-,22-,25+/m0/s1. The molecule has 6 atom stereocenters. The molecular formula is C25H38O6. The zero-order valence-electron chi connectivity index (χ0n) is 19.7. The topological polar surface area (TPSA) is 101 Å². The van der Waals surface area contributed by atoms with E-state index < -0.39 is 17.5 Å². The maximum absolute atomic E-state index is 13.4. The van der Waals surface area contributed by atoms with Crippen LogP contribution in [0.1, 0.15) is 80.1 Å². The number of carbonyl (C=O) groups is 3. The molecule has 3 saturated carbocycles. The first-order chi connectivity index (χ1) is 14.2. The molecule has 3 aliphatic rings. The Hall–Kier alpha value is -1.69. The highest BCUT2D eigenvalue weighted by Gasteiger charge is 2.62. The Kier molecular flexibility index (Phi) is 6.20. The van der Waals surface area contributed by atoms with Gasteiger partial charge in [-0.05, 0) is 62.7 Å². The lowest BCUT2D eigenvalue weighted by atomic mass is 9.42. The molecule has 3 aliphatic carbocycles. The van der Waals surface area contributed by atoms with Crippen molar-refractivity contribution in [3.05, 3.63) is 11.6 Å². The van der Waals surface area contributed by atoms with Gasteiger partial charge in [-0.3, -0.25) is 9.59 Å². The van der Waals surface area contributed by atoms with Crippen molar-refractivity contribution < 1.29 is 29.3 Å². The van der Waals surface area contributed by atoms with Crippen molar-refractivity contribution in [3.8, 4) is 0 Å². The quantitative estimate of drug-likeness (QED) is 0.509. The lowest BCUT2D eigenvalue weighted by Crippen LogP contribution is -2.60. The summed E-state index contributed by atoms with van der Waals surface area (Å²) in [4.78, 5) is 37.0. The van der Waals surface area contributed by atoms with E-state index in [9.17, 15) is 24.6 Å². The zero-order chi connectivity index (χ0) is 23.4. The smallest absolute Gasteiger partial charge is 0.328 e. The highest BCUT2D eigenvalue weighted by molar-refractivity contribution is 5.85. The van der Waals surface area contributed by atoms with E-state index in [-0.39, 0.29) is 52.8 Å². The molecule has 0 aromatic heterocycles. The molecule has 0 unspecified atom stereocenters. The molecule has 2 N–H and O–H groups in total. The third kappa shape index (κ3) is 4.46. The minimum Gasteiger partial charge on any atom is -0.478 e. The van der Waals surface area contributed by atoms with E-state index in [2.05, 4.69) is 20.8 Å². The van der Waals surface area contributed by atoms with Crippen molar-refractivity contribution >= 4 is 17.7 Å². The summed E-state index contributed by atoms with van der Waals surface area (Å²) in [7, 11) is 0. The predicted molar refractivity (Wildman–Crippen MR) is 116 cm³/mol. The van der Waals surface area contributed by atoms with Crippen molar-refractivity contribution in [2.75, 3.05) is 0 Å². The Morgan fingerprint density at radius 2 is 1.87 bits per heavy atom. The summed E-state index contributed by atoms with van der Waals surface area (Å²) < 4.78 is 5.85. The molecule has 0 bridgehead atoms. The van der Waals surface area contributed by atoms with Gasteiger partial charge in [0, 0.05) is 23.8 Å². The average Bonchev–Trinajstić information content (AvgIpc) is 2.60. The summed E-state index contributed by atoms with van der Waals surface area (Å²) in [6.45, 7) is 11.7. The molecule has 0 aromatic carbocycles. The van der Waals surface area contributed by atoms with Crippen LogP contribution in [-0.4, -0.2) is 39.6 Å². The first-order valence-electron chi connectivity index (χ1n) is 11.5. The number of ether oxygens (including phenoxy) is 1. The van der Waals surface area contributed by atoms with Crippen LogP contribution in [0.5, 0.6) is 0 Å².